The van der Waals surface area contributed by atoms with Gasteiger partial charge in [-0.1, -0.05) is 32.0 Å². The van der Waals surface area contributed by atoms with E-state index in [1.54, 1.807) is 19.1 Å². The van der Waals surface area contributed by atoms with Gasteiger partial charge in [-0.2, -0.15) is 0 Å². The van der Waals surface area contributed by atoms with Crippen LogP contribution in [-0.4, -0.2) is 17.7 Å². The van der Waals surface area contributed by atoms with E-state index >= 15 is 0 Å². The van der Waals surface area contributed by atoms with Crippen LogP contribution in [0, 0.1) is 5.41 Å². The number of carbonyl (C=O) groups is 2. The van der Waals surface area contributed by atoms with E-state index in [4.69, 9.17) is 0 Å². The Morgan fingerprint density at radius 2 is 1.71 bits per heavy atom. The molecule has 0 aliphatic carbocycles. The van der Waals surface area contributed by atoms with Crippen molar-refractivity contribution in [2.75, 3.05) is 0 Å². The number of hydrogen-bond acceptors (Lipinski definition) is 2. The van der Waals surface area contributed by atoms with Gasteiger partial charge in [-0.15, -0.1) is 0 Å². The Labute approximate surface area is 102 Å². The molecule has 0 fully saturated rings. The normalized spacial score (nSPS) is 12.9. The molecule has 1 rings (SSSR count). The zero-order chi connectivity index (χ0) is 13.1. The molecule has 0 aliphatic heterocycles. The van der Waals surface area contributed by atoms with Crippen molar-refractivity contribution in [1.29, 1.82) is 0 Å². The lowest BCUT2D eigenvalue weighted by Crippen LogP contribution is -2.46. The molecule has 1 amide bonds. The third kappa shape index (κ3) is 3.16. The minimum absolute atomic E-state index is 0.0679. The van der Waals surface area contributed by atoms with Gasteiger partial charge < -0.3 is 5.32 Å². The summed E-state index contributed by atoms with van der Waals surface area (Å²) in [5.41, 5.74) is 0.0588. The van der Waals surface area contributed by atoms with Crippen LogP contribution < -0.4 is 5.32 Å². The van der Waals surface area contributed by atoms with Gasteiger partial charge in [0.1, 0.15) is 5.78 Å². The van der Waals surface area contributed by atoms with Crippen LogP contribution in [0.4, 0.5) is 0 Å². The van der Waals surface area contributed by atoms with Crippen molar-refractivity contribution in [3.05, 3.63) is 35.9 Å². The lowest BCUT2D eigenvalue weighted by Gasteiger charge is -2.29. The molecular weight excluding hydrogens is 214 g/mol. The van der Waals surface area contributed by atoms with Gasteiger partial charge in [-0.25, -0.2) is 0 Å². The summed E-state index contributed by atoms with van der Waals surface area (Å²) in [6.45, 7) is 7.07. The number of nitrogens with one attached hydrogen (secondary N) is 1. The van der Waals surface area contributed by atoms with Crippen molar-refractivity contribution in [3.8, 4) is 0 Å². The predicted octanol–water partition coefficient (Wildman–Crippen LogP) is 2.42. The molecule has 1 aromatic carbocycles. The van der Waals surface area contributed by atoms with E-state index in [-0.39, 0.29) is 17.7 Å². The van der Waals surface area contributed by atoms with E-state index in [1.807, 2.05) is 39.0 Å². The SMILES string of the molecule is CC(=O)C(C)(C)C(C)NC(=O)c1ccccc1. The summed E-state index contributed by atoms with van der Waals surface area (Å²) in [5, 5.41) is 2.86. The van der Waals surface area contributed by atoms with E-state index in [2.05, 4.69) is 5.32 Å². The molecular formula is C14H19NO2. The summed E-state index contributed by atoms with van der Waals surface area (Å²) >= 11 is 0. The second-order valence-corrected chi connectivity index (χ2v) is 4.84. The fourth-order valence-corrected chi connectivity index (χ4v) is 1.35. The highest BCUT2D eigenvalue weighted by Gasteiger charge is 2.31. The molecule has 1 atom stereocenters. The van der Waals surface area contributed by atoms with Gasteiger partial charge in [0.05, 0.1) is 0 Å². The molecule has 1 N–H and O–H groups in total. The lowest BCUT2D eigenvalue weighted by molar-refractivity contribution is -0.125. The zero-order valence-corrected chi connectivity index (χ0v) is 10.8. The molecule has 0 radical (unpaired) electrons. The van der Waals surface area contributed by atoms with Crippen LogP contribution in [0.15, 0.2) is 30.3 Å². The van der Waals surface area contributed by atoms with Gasteiger partial charge in [0, 0.05) is 17.0 Å². The molecule has 1 unspecified atom stereocenters. The first-order chi connectivity index (χ1) is 7.85. The molecule has 0 heterocycles. The largest absolute Gasteiger partial charge is 0.349 e. The van der Waals surface area contributed by atoms with E-state index in [0.717, 1.165) is 0 Å². The van der Waals surface area contributed by atoms with Crippen LogP contribution in [-0.2, 0) is 4.79 Å². The first kappa shape index (κ1) is 13.4. The molecule has 92 valence electrons. The number of hydrogen-bond donors (Lipinski definition) is 1. The van der Waals surface area contributed by atoms with Crippen molar-refractivity contribution in [3.63, 3.8) is 0 Å². The second-order valence-electron chi connectivity index (χ2n) is 4.84. The average Bonchev–Trinajstić information content (AvgIpc) is 2.29. The molecule has 3 nitrogen and oxygen atoms in total. The molecule has 0 bridgehead atoms. The van der Waals surface area contributed by atoms with Crippen molar-refractivity contribution in [2.45, 2.75) is 33.7 Å². The lowest BCUT2D eigenvalue weighted by atomic mass is 9.81. The summed E-state index contributed by atoms with van der Waals surface area (Å²) < 4.78 is 0. The Kier molecular flexibility index (Phi) is 4.05. The summed E-state index contributed by atoms with van der Waals surface area (Å²) in [4.78, 5) is 23.4. The van der Waals surface area contributed by atoms with Crippen LogP contribution >= 0.6 is 0 Å². The van der Waals surface area contributed by atoms with Crippen LogP contribution in [0.25, 0.3) is 0 Å². The molecule has 17 heavy (non-hydrogen) atoms. The highest BCUT2D eigenvalue weighted by atomic mass is 16.2. The van der Waals surface area contributed by atoms with Crippen molar-refractivity contribution >= 4 is 11.7 Å². The molecule has 0 saturated carbocycles. The van der Waals surface area contributed by atoms with E-state index in [1.165, 1.54) is 0 Å². The highest BCUT2D eigenvalue weighted by Crippen LogP contribution is 2.21. The Hall–Kier alpha value is -1.64. The van der Waals surface area contributed by atoms with Crippen LogP contribution in [0.3, 0.4) is 0 Å². The molecule has 0 aromatic heterocycles. The monoisotopic (exact) mass is 233 g/mol. The summed E-state index contributed by atoms with van der Waals surface area (Å²) in [7, 11) is 0. The van der Waals surface area contributed by atoms with Gasteiger partial charge in [0.25, 0.3) is 5.91 Å². The fourth-order valence-electron chi connectivity index (χ4n) is 1.35. The molecule has 0 saturated heterocycles. The quantitative estimate of drug-likeness (QED) is 0.868. The van der Waals surface area contributed by atoms with Crippen molar-refractivity contribution < 1.29 is 9.59 Å². The van der Waals surface area contributed by atoms with Gasteiger partial charge in [-0.05, 0) is 26.0 Å². The third-order valence-electron chi connectivity index (χ3n) is 3.37. The smallest absolute Gasteiger partial charge is 0.251 e. The first-order valence-corrected chi connectivity index (χ1v) is 5.72. The minimum atomic E-state index is -0.551. The molecule has 1 aromatic rings. The van der Waals surface area contributed by atoms with Gasteiger partial charge in [0.15, 0.2) is 0 Å². The van der Waals surface area contributed by atoms with Crippen LogP contribution in [0.2, 0.25) is 0 Å². The number of benzene rings is 1. The number of rotatable bonds is 4. The maximum Gasteiger partial charge on any atom is 0.251 e. The molecule has 0 spiro atoms. The Morgan fingerprint density at radius 3 is 2.18 bits per heavy atom. The fraction of sp³-hybridized carbons (Fsp3) is 0.429. The molecule has 3 heteroatoms. The Bertz CT molecular complexity index is 409. The van der Waals surface area contributed by atoms with Gasteiger partial charge >= 0.3 is 0 Å². The Balaban J connectivity index is 2.74. The van der Waals surface area contributed by atoms with E-state index in [0.29, 0.717) is 5.56 Å². The van der Waals surface area contributed by atoms with Gasteiger partial charge in [-0.3, -0.25) is 9.59 Å². The van der Waals surface area contributed by atoms with Crippen LogP contribution in [0.5, 0.6) is 0 Å². The number of amides is 1. The maximum absolute atomic E-state index is 11.9. The van der Waals surface area contributed by atoms with E-state index in [9.17, 15) is 9.59 Å². The summed E-state index contributed by atoms with van der Waals surface area (Å²) in [6.07, 6.45) is 0. The standard InChI is InChI=1S/C14H19NO2/c1-10(14(3,4)11(2)16)15-13(17)12-8-6-5-7-9-12/h5-10H,1-4H3,(H,15,17). The summed E-state index contributed by atoms with van der Waals surface area (Å²) in [6, 6.07) is 8.80. The number of Topliss-reactive ketones (excluding diaryl/α,β-unsaturated/α-hetero) is 1. The zero-order valence-electron chi connectivity index (χ0n) is 10.8. The number of ketones is 1. The number of carbonyl (C=O) groups excluding carboxylic acids is 2. The molecule has 0 aliphatic rings. The summed E-state index contributed by atoms with van der Waals surface area (Å²) in [5.74, 6) is -0.0780. The highest BCUT2D eigenvalue weighted by molar-refractivity contribution is 5.95. The van der Waals surface area contributed by atoms with Crippen molar-refractivity contribution in [2.24, 2.45) is 5.41 Å². The second kappa shape index (κ2) is 5.13. The maximum atomic E-state index is 11.9. The van der Waals surface area contributed by atoms with E-state index < -0.39 is 5.41 Å². The van der Waals surface area contributed by atoms with Gasteiger partial charge in [0.2, 0.25) is 0 Å². The first-order valence-electron chi connectivity index (χ1n) is 5.72. The minimum Gasteiger partial charge on any atom is -0.349 e. The third-order valence-corrected chi connectivity index (χ3v) is 3.37. The Morgan fingerprint density at radius 1 is 1.18 bits per heavy atom. The van der Waals surface area contributed by atoms with Crippen molar-refractivity contribution in [1.82, 2.24) is 5.32 Å². The topological polar surface area (TPSA) is 46.2 Å². The average molecular weight is 233 g/mol. The van der Waals surface area contributed by atoms with Crippen LogP contribution in [0.1, 0.15) is 38.1 Å². The predicted molar refractivity (Wildman–Crippen MR) is 67.8 cm³/mol.